The van der Waals surface area contributed by atoms with Gasteiger partial charge in [-0.25, -0.2) is 0 Å². The Morgan fingerprint density at radius 1 is 1.16 bits per heavy atom. The van der Waals surface area contributed by atoms with Gasteiger partial charge in [0, 0.05) is 27.8 Å². The van der Waals surface area contributed by atoms with Crippen LogP contribution in [0.3, 0.4) is 0 Å². The molecule has 6 heteroatoms. The molecule has 5 nitrogen and oxygen atoms in total. The maximum absolute atomic E-state index is 11.1. The highest BCUT2D eigenvalue weighted by Crippen LogP contribution is 2.36. The van der Waals surface area contributed by atoms with Crippen molar-refractivity contribution in [1.82, 2.24) is 0 Å². The SMILES string of the molecule is O=[N+]([O-])c1ccc(SC2CCCC2)c(/C=[N+](\O)Cc2ccccc2)c1. The maximum atomic E-state index is 11.1. The summed E-state index contributed by atoms with van der Waals surface area (Å²) in [6.45, 7) is 0.330. The number of nitro groups is 1. The summed E-state index contributed by atoms with van der Waals surface area (Å²) < 4.78 is 1.09. The molecule has 0 radical (unpaired) electrons. The van der Waals surface area contributed by atoms with Gasteiger partial charge >= 0.3 is 0 Å². The summed E-state index contributed by atoms with van der Waals surface area (Å²) in [5, 5.41) is 21.9. The second-order valence-corrected chi connectivity index (χ2v) is 7.56. The molecule has 2 aromatic carbocycles. The molecule has 0 saturated heterocycles. The van der Waals surface area contributed by atoms with Crippen molar-refractivity contribution >= 4 is 23.7 Å². The molecule has 1 N–H and O–H groups in total. The van der Waals surface area contributed by atoms with E-state index in [4.69, 9.17) is 0 Å². The van der Waals surface area contributed by atoms with Crippen LogP contribution in [0.15, 0.2) is 53.4 Å². The smallest absolute Gasteiger partial charge is 0.270 e. The molecular weight excluding hydrogens is 336 g/mol. The number of nitro benzene ring substituents is 1. The van der Waals surface area contributed by atoms with Gasteiger partial charge in [-0.2, -0.15) is 0 Å². The molecule has 3 rings (SSSR count). The Morgan fingerprint density at radius 3 is 2.56 bits per heavy atom. The number of rotatable bonds is 6. The van der Waals surface area contributed by atoms with Crippen molar-refractivity contribution in [2.75, 3.05) is 0 Å². The van der Waals surface area contributed by atoms with E-state index in [-0.39, 0.29) is 5.69 Å². The maximum Gasteiger partial charge on any atom is 0.270 e. The van der Waals surface area contributed by atoms with Gasteiger partial charge in [0.1, 0.15) is 0 Å². The van der Waals surface area contributed by atoms with Crippen molar-refractivity contribution in [3.8, 4) is 0 Å². The van der Waals surface area contributed by atoms with Crippen molar-refractivity contribution in [3.05, 3.63) is 69.8 Å². The van der Waals surface area contributed by atoms with Gasteiger partial charge in [-0.3, -0.25) is 15.3 Å². The second kappa shape index (κ2) is 8.16. The minimum Gasteiger partial charge on any atom is -0.290 e. The quantitative estimate of drug-likeness (QED) is 0.269. The van der Waals surface area contributed by atoms with Gasteiger partial charge in [-0.05, 0) is 23.6 Å². The van der Waals surface area contributed by atoms with Crippen LogP contribution in [0.1, 0.15) is 36.8 Å². The van der Waals surface area contributed by atoms with Crippen LogP contribution in [0.2, 0.25) is 0 Å². The molecule has 0 atom stereocenters. The first kappa shape index (κ1) is 17.5. The van der Waals surface area contributed by atoms with Crippen LogP contribution in [-0.4, -0.2) is 26.3 Å². The number of nitrogens with zero attached hydrogens (tertiary/aromatic N) is 2. The van der Waals surface area contributed by atoms with E-state index >= 15 is 0 Å². The van der Waals surface area contributed by atoms with Crippen LogP contribution in [-0.2, 0) is 6.54 Å². The highest BCUT2D eigenvalue weighted by atomic mass is 32.2. The molecule has 130 valence electrons. The Hall–Kier alpha value is -2.34. The molecule has 0 bridgehead atoms. The summed E-state index contributed by atoms with van der Waals surface area (Å²) in [6, 6.07) is 14.5. The summed E-state index contributed by atoms with van der Waals surface area (Å²) in [7, 11) is 0. The fourth-order valence-electron chi connectivity index (χ4n) is 3.02. The van der Waals surface area contributed by atoms with Crippen LogP contribution in [0.5, 0.6) is 0 Å². The first-order valence-electron chi connectivity index (χ1n) is 8.41. The first-order chi connectivity index (χ1) is 12.1. The molecule has 1 fully saturated rings. The van der Waals surface area contributed by atoms with E-state index in [1.807, 2.05) is 30.3 Å². The molecule has 0 amide bonds. The van der Waals surface area contributed by atoms with Crippen LogP contribution in [0, 0.1) is 10.1 Å². The lowest BCUT2D eigenvalue weighted by Gasteiger charge is -2.10. The van der Waals surface area contributed by atoms with Gasteiger partial charge in [0.15, 0.2) is 0 Å². The fourth-order valence-corrected chi connectivity index (χ4v) is 4.34. The highest BCUT2D eigenvalue weighted by Gasteiger charge is 2.20. The van der Waals surface area contributed by atoms with Gasteiger partial charge in [0.25, 0.3) is 5.69 Å². The number of hydrogen-bond donors (Lipinski definition) is 1. The van der Waals surface area contributed by atoms with Gasteiger partial charge in [-0.15, -0.1) is 11.8 Å². The van der Waals surface area contributed by atoms with Crippen molar-refractivity contribution in [2.45, 2.75) is 42.4 Å². The van der Waals surface area contributed by atoms with Crippen molar-refractivity contribution < 1.29 is 14.9 Å². The average Bonchev–Trinajstić information content (AvgIpc) is 3.10. The molecule has 0 unspecified atom stereocenters. The molecule has 2 aromatic rings. The van der Waals surface area contributed by atoms with Crippen molar-refractivity contribution in [3.63, 3.8) is 0 Å². The van der Waals surface area contributed by atoms with Crippen LogP contribution >= 0.6 is 11.8 Å². The predicted molar refractivity (Wildman–Crippen MR) is 98.6 cm³/mol. The van der Waals surface area contributed by atoms with Crippen molar-refractivity contribution in [2.24, 2.45) is 0 Å². The number of hydrogen-bond acceptors (Lipinski definition) is 4. The summed E-state index contributed by atoms with van der Waals surface area (Å²) in [4.78, 5) is 11.7. The third-order valence-electron chi connectivity index (χ3n) is 4.28. The highest BCUT2D eigenvalue weighted by molar-refractivity contribution is 8.00. The zero-order valence-corrected chi connectivity index (χ0v) is 14.7. The fraction of sp³-hybridized carbons (Fsp3) is 0.316. The third kappa shape index (κ3) is 4.82. The van der Waals surface area contributed by atoms with E-state index in [1.54, 1.807) is 24.0 Å². The minimum absolute atomic E-state index is 0.0372. The Morgan fingerprint density at radius 2 is 1.88 bits per heavy atom. The molecule has 0 spiro atoms. The Kier molecular flexibility index (Phi) is 5.71. The van der Waals surface area contributed by atoms with E-state index in [0.29, 0.717) is 17.4 Å². The average molecular weight is 357 g/mol. The minimum atomic E-state index is -0.403. The van der Waals surface area contributed by atoms with Crippen molar-refractivity contribution in [1.29, 1.82) is 0 Å². The molecule has 1 saturated carbocycles. The summed E-state index contributed by atoms with van der Waals surface area (Å²) in [5.41, 5.74) is 1.69. The Balaban J connectivity index is 1.86. The number of benzene rings is 2. The molecular formula is C19H21N2O3S+. The lowest BCUT2D eigenvalue weighted by atomic mass is 10.2. The number of hydroxylamine groups is 1. The molecule has 1 aliphatic carbocycles. The molecule has 0 heterocycles. The molecule has 0 aromatic heterocycles. The van der Waals surface area contributed by atoms with Gasteiger partial charge in [0.05, 0.1) is 10.5 Å². The summed E-state index contributed by atoms with van der Waals surface area (Å²) in [5.74, 6) is 0. The van der Waals surface area contributed by atoms with Gasteiger partial charge < -0.3 is 0 Å². The summed E-state index contributed by atoms with van der Waals surface area (Å²) >= 11 is 1.75. The normalized spacial score (nSPS) is 15.4. The number of non-ortho nitro benzene ring substituents is 1. The van der Waals surface area contributed by atoms with Gasteiger partial charge in [-0.1, -0.05) is 43.2 Å². The lowest BCUT2D eigenvalue weighted by Crippen LogP contribution is -2.10. The zero-order chi connectivity index (χ0) is 17.6. The van der Waals surface area contributed by atoms with E-state index < -0.39 is 4.92 Å². The standard InChI is InChI=1S/C19H21N2O3S/c22-20(13-15-6-2-1-3-7-15)14-16-12-17(21(23)24)10-11-19(16)25-18-8-4-5-9-18/h1-3,6-7,10-12,14,18,22H,4-5,8-9,13H2/q+1/b20-14-. The second-order valence-electron chi connectivity index (χ2n) is 6.22. The van der Waals surface area contributed by atoms with E-state index in [9.17, 15) is 15.3 Å². The lowest BCUT2D eigenvalue weighted by molar-refractivity contribution is -0.783. The van der Waals surface area contributed by atoms with E-state index in [1.165, 1.54) is 37.8 Å². The van der Waals surface area contributed by atoms with Crippen LogP contribution in [0.4, 0.5) is 5.69 Å². The van der Waals surface area contributed by atoms with E-state index in [0.717, 1.165) is 15.2 Å². The summed E-state index contributed by atoms with van der Waals surface area (Å²) in [6.07, 6.45) is 6.41. The Labute approximate surface area is 151 Å². The largest absolute Gasteiger partial charge is 0.290 e. The predicted octanol–water partition coefficient (Wildman–Crippen LogP) is 4.65. The molecule has 0 aliphatic heterocycles. The molecule has 25 heavy (non-hydrogen) atoms. The Bertz CT molecular complexity index is 771. The third-order valence-corrected chi connectivity index (χ3v) is 5.71. The van der Waals surface area contributed by atoms with Crippen LogP contribution < -0.4 is 0 Å². The monoisotopic (exact) mass is 357 g/mol. The zero-order valence-electron chi connectivity index (χ0n) is 13.9. The van der Waals surface area contributed by atoms with E-state index in [2.05, 4.69) is 0 Å². The van der Waals surface area contributed by atoms with Crippen LogP contribution in [0.25, 0.3) is 0 Å². The van der Waals surface area contributed by atoms with Gasteiger partial charge in [0.2, 0.25) is 12.8 Å². The molecule has 1 aliphatic rings. The number of thioether (sulfide) groups is 1. The first-order valence-corrected chi connectivity index (χ1v) is 9.29. The topological polar surface area (TPSA) is 66.4 Å².